The molecule has 0 saturated carbocycles. The second kappa shape index (κ2) is 9.95. The number of hydrogen-bond acceptors (Lipinski definition) is 6. The van der Waals surface area contributed by atoms with Crippen LogP contribution in [0.1, 0.15) is 39.2 Å². The van der Waals surface area contributed by atoms with Crippen molar-refractivity contribution in [2.75, 3.05) is 26.2 Å². The number of para-hydroxylation sites is 1. The first-order valence-corrected chi connectivity index (χ1v) is 12.6. The number of piperazine rings is 1. The molecule has 176 valence electrons. The molecule has 0 radical (unpaired) electrons. The number of aryl methyl sites for hydroxylation is 2. The van der Waals surface area contributed by atoms with Crippen LogP contribution >= 0.6 is 11.3 Å². The van der Waals surface area contributed by atoms with Crippen LogP contribution in [0.4, 0.5) is 0 Å². The molecule has 3 aromatic heterocycles. The second-order valence-corrected chi connectivity index (χ2v) is 9.54. The Hall–Kier alpha value is -3.23. The van der Waals surface area contributed by atoms with Gasteiger partial charge in [0.05, 0.1) is 22.0 Å². The number of hydrogen-bond donors (Lipinski definition) is 0. The van der Waals surface area contributed by atoms with Crippen molar-refractivity contribution in [1.29, 1.82) is 0 Å². The van der Waals surface area contributed by atoms with Gasteiger partial charge < -0.3 is 14.0 Å². The van der Waals surface area contributed by atoms with Crippen molar-refractivity contribution in [1.82, 2.24) is 24.2 Å². The van der Waals surface area contributed by atoms with Crippen LogP contribution in [-0.4, -0.2) is 56.3 Å². The maximum atomic E-state index is 13.3. The Morgan fingerprint density at radius 3 is 2.65 bits per heavy atom. The van der Waals surface area contributed by atoms with Gasteiger partial charge in [-0.05, 0) is 37.1 Å². The van der Waals surface area contributed by atoms with E-state index >= 15 is 0 Å². The molecule has 0 N–H and O–H groups in total. The van der Waals surface area contributed by atoms with Crippen LogP contribution in [0.5, 0.6) is 5.75 Å². The molecule has 4 aromatic rings. The minimum absolute atomic E-state index is 0.0167. The third-order valence-electron chi connectivity index (χ3n) is 6.17. The molecule has 0 atom stereocenters. The fourth-order valence-corrected chi connectivity index (χ4v) is 5.02. The highest BCUT2D eigenvalue weighted by Gasteiger charge is 2.24. The van der Waals surface area contributed by atoms with E-state index < -0.39 is 0 Å². The van der Waals surface area contributed by atoms with E-state index in [-0.39, 0.29) is 5.91 Å². The number of pyridine rings is 1. The molecule has 4 heterocycles. The van der Waals surface area contributed by atoms with Gasteiger partial charge in [0, 0.05) is 50.5 Å². The third kappa shape index (κ3) is 4.83. The molecule has 0 spiro atoms. The number of thiazole rings is 1. The summed E-state index contributed by atoms with van der Waals surface area (Å²) in [5.41, 5.74) is 4.60. The second-order valence-electron chi connectivity index (χ2n) is 8.59. The highest BCUT2D eigenvalue weighted by atomic mass is 32.1. The van der Waals surface area contributed by atoms with Gasteiger partial charge in [0.1, 0.15) is 18.0 Å². The van der Waals surface area contributed by atoms with Crippen molar-refractivity contribution in [3.05, 3.63) is 81.7 Å². The van der Waals surface area contributed by atoms with E-state index in [1.54, 1.807) is 11.3 Å². The largest absolute Gasteiger partial charge is 0.486 e. The summed E-state index contributed by atoms with van der Waals surface area (Å²) in [6.45, 7) is 8.41. The van der Waals surface area contributed by atoms with E-state index in [0.29, 0.717) is 31.0 Å². The lowest BCUT2D eigenvalue weighted by Crippen LogP contribution is -2.48. The Bertz CT molecular complexity index is 1290. The van der Waals surface area contributed by atoms with Gasteiger partial charge in [-0.15, -0.1) is 11.3 Å². The van der Waals surface area contributed by atoms with E-state index in [2.05, 4.69) is 27.2 Å². The summed E-state index contributed by atoms with van der Waals surface area (Å²) < 4.78 is 8.08. The van der Waals surface area contributed by atoms with Crippen LogP contribution in [0.2, 0.25) is 0 Å². The molecule has 0 aliphatic carbocycles. The summed E-state index contributed by atoms with van der Waals surface area (Å²) >= 11 is 1.73. The molecule has 1 saturated heterocycles. The number of ether oxygens (including phenoxy) is 1. The number of rotatable bonds is 7. The van der Waals surface area contributed by atoms with Crippen LogP contribution in [0.15, 0.2) is 54.2 Å². The summed E-state index contributed by atoms with van der Waals surface area (Å²) in [5, 5.41) is 3.33. The molecule has 1 amide bonds. The highest BCUT2D eigenvalue weighted by Crippen LogP contribution is 2.23. The number of imidazole rings is 1. The maximum absolute atomic E-state index is 13.3. The van der Waals surface area contributed by atoms with Crippen LogP contribution in [0.3, 0.4) is 0 Å². The minimum atomic E-state index is 0.0167. The summed E-state index contributed by atoms with van der Waals surface area (Å²) in [4.78, 5) is 27.0. The number of amides is 1. The number of fused-ring (bicyclic) bond motifs is 1. The molecule has 1 aromatic carbocycles. The van der Waals surface area contributed by atoms with Crippen molar-refractivity contribution in [3.63, 3.8) is 0 Å². The first-order chi connectivity index (χ1) is 16.6. The number of aromatic nitrogens is 3. The highest BCUT2D eigenvalue weighted by molar-refractivity contribution is 7.09. The SMILES string of the molecule is CCc1nc(CN2CCN(C(=O)c3ccccc3OCc3cn4cccc(C)c4n3)CC2)cs1. The zero-order valence-corrected chi connectivity index (χ0v) is 20.4. The first-order valence-electron chi connectivity index (χ1n) is 11.7. The van der Waals surface area contributed by atoms with Gasteiger partial charge >= 0.3 is 0 Å². The van der Waals surface area contributed by atoms with Crippen molar-refractivity contribution >= 4 is 22.9 Å². The normalized spacial score (nSPS) is 14.6. The Balaban J connectivity index is 1.21. The van der Waals surface area contributed by atoms with E-state index in [1.807, 2.05) is 65.0 Å². The topological polar surface area (TPSA) is 63.0 Å². The number of benzene rings is 1. The molecule has 8 heteroatoms. The average molecular weight is 476 g/mol. The fourth-order valence-electron chi connectivity index (χ4n) is 4.29. The lowest BCUT2D eigenvalue weighted by Gasteiger charge is -2.34. The summed E-state index contributed by atoms with van der Waals surface area (Å²) in [6, 6.07) is 11.5. The van der Waals surface area contributed by atoms with E-state index in [0.717, 1.165) is 48.7 Å². The Labute approximate surface area is 203 Å². The van der Waals surface area contributed by atoms with Gasteiger partial charge in [0.2, 0.25) is 0 Å². The zero-order valence-electron chi connectivity index (χ0n) is 19.6. The van der Waals surface area contributed by atoms with Gasteiger partial charge in [-0.3, -0.25) is 9.69 Å². The van der Waals surface area contributed by atoms with Crippen molar-refractivity contribution < 1.29 is 9.53 Å². The molecule has 34 heavy (non-hydrogen) atoms. The zero-order chi connectivity index (χ0) is 23.5. The van der Waals surface area contributed by atoms with Gasteiger partial charge in [0.25, 0.3) is 5.91 Å². The molecule has 1 aliphatic heterocycles. The molecular weight excluding hydrogens is 446 g/mol. The van der Waals surface area contributed by atoms with Gasteiger partial charge in [-0.1, -0.05) is 25.1 Å². The molecule has 0 bridgehead atoms. The van der Waals surface area contributed by atoms with Crippen molar-refractivity contribution in [2.24, 2.45) is 0 Å². The Morgan fingerprint density at radius 2 is 1.88 bits per heavy atom. The molecule has 5 rings (SSSR count). The van der Waals surface area contributed by atoms with E-state index in [4.69, 9.17) is 4.74 Å². The number of carbonyl (C=O) groups is 1. The van der Waals surface area contributed by atoms with Crippen LogP contribution in [0.25, 0.3) is 5.65 Å². The predicted molar refractivity (Wildman–Crippen MR) is 133 cm³/mol. The molecule has 0 unspecified atom stereocenters. The van der Waals surface area contributed by atoms with Crippen molar-refractivity contribution in [2.45, 2.75) is 33.4 Å². The van der Waals surface area contributed by atoms with Gasteiger partial charge in [0.15, 0.2) is 0 Å². The Morgan fingerprint density at radius 1 is 1.06 bits per heavy atom. The van der Waals surface area contributed by atoms with Gasteiger partial charge in [-0.25, -0.2) is 9.97 Å². The van der Waals surface area contributed by atoms with E-state index in [9.17, 15) is 4.79 Å². The summed E-state index contributed by atoms with van der Waals surface area (Å²) in [5.74, 6) is 0.612. The van der Waals surface area contributed by atoms with Crippen LogP contribution < -0.4 is 4.74 Å². The summed E-state index contributed by atoms with van der Waals surface area (Å²) in [6.07, 6.45) is 4.93. The molecule has 1 aliphatic rings. The average Bonchev–Trinajstić information content (AvgIpc) is 3.50. The summed E-state index contributed by atoms with van der Waals surface area (Å²) in [7, 11) is 0. The standard InChI is InChI=1S/C26H29N5O2S/c1-3-24-27-21(18-34-24)15-29-11-13-30(14-12-29)26(32)22-8-4-5-9-23(22)33-17-20-16-31-10-6-7-19(2)25(31)28-20/h4-10,16,18H,3,11-15,17H2,1-2H3. The van der Waals surface area contributed by atoms with E-state index in [1.165, 1.54) is 5.01 Å². The van der Waals surface area contributed by atoms with Crippen molar-refractivity contribution in [3.8, 4) is 5.75 Å². The molecular formula is C26H29N5O2S. The minimum Gasteiger partial charge on any atom is -0.486 e. The van der Waals surface area contributed by atoms with Crippen LogP contribution in [-0.2, 0) is 19.6 Å². The third-order valence-corrected chi connectivity index (χ3v) is 7.21. The predicted octanol–water partition coefficient (Wildman–Crippen LogP) is 4.20. The maximum Gasteiger partial charge on any atom is 0.257 e. The number of nitrogens with zero attached hydrogens (tertiary/aromatic N) is 5. The Kier molecular flexibility index (Phi) is 6.60. The lowest BCUT2D eigenvalue weighted by atomic mass is 10.1. The fraction of sp³-hybridized carbons (Fsp3) is 0.346. The smallest absolute Gasteiger partial charge is 0.257 e. The monoisotopic (exact) mass is 475 g/mol. The lowest BCUT2D eigenvalue weighted by molar-refractivity contribution is 0.0622. The first kappa shape index (κ1) is 22.6. The van der Waals surface area contributed by atoms with Gasteiger partial charge in [-0.2, -0.15) is 0 Å². The van der Waals surface area contributed by atoms with Crippen LogP contribution in [0, 0.1) is 6.92 Å². The molecule has 1 fully saturated rings. The number of carbonyl (C=O) groups excluding carboxylic acids is 1. The molecule has 7 nitrogen and oxygen atoms in total. The quantitative estimate of drug-likeness (QED) is 0.401.